The van der Waals surface area contributed by atoms with Crippen LogP contribution in [0.25, 0.3) is 6.08 Å². The number of fused-ring (bicyclic) bond motifs is 1. The van der Waals surface area contributed by atoms with Gasteiger partial charge in [0.15, 0.2) is 11.5 Å². The van der Waals surface area contributed by atoms with E-state index in [-0.39, 0.29) is 24.0 Å². The number of methoxy groups -OCH3 is 2. The first kappa shape index (κ1) is 38.9. The van der Waals surface area contributed by atoms with E-state index >= 15 is 0 Å². The molecule has 1 heterocycles. The van der Waals surface area contributed by atoms with Crippen molar-refractivity contribution in [3.05, 3.63) is 142 Å². The van der Waals surface area contributed by atoms with Gasteiger partial charge >= 0.3 is 5.97 Å². The topological polar surface area (TPSA) is 132 Å². The molecule has 5 aromatic rings. The number of esters is 1. The number of nitrogens with one attached hydrogen (secondary N) is 3. The van der Waals surface area contributed by atoms with Gasteiger partial charge in [0.25, 0.3) is 11.8 Å². The second-order valence-electron chi connectivity index (χ2n) is 12.6. The molecule has 282 valence electrons. The zero-order valence-electron chi connectivity index (χ0n) is 30.7. The quantitative estimate of drug-likeness (QED) is 0.0583. The third-order valence-electron chi connectivity index (χ3n) is 8.98. The Labute approximate surface area is 328 Å². The lowest BCUT2D eigenvalue weighted by Crippen LogP contribution is -2.30. The number of thioether (sulfide) groups is 1. The molecule has 4 aromatic carbocycles. The summed E-state index contributed by atoms with van der Waals surface area (Å²) in [7, 11) is 3.05. The molecule has 6 rings (SSSR count). The summed E-state index contributed by atoms with van der Waals surface area (Å²) in [4.78, 5) is 55.1. The second kappa shape index (κ2) is 18.5. The first-order chi connectivity index (χ1) is 26.8. The van der Waals surface area contributed by atoms with Crippen LogP contribution < -0.4 is 25.4 Å². The van der Waals surface area contributed by atoms with Gasteiger partial charge in [0, 0.05) is 21.0 Å². The van der Waals surface area contributed by atoms with Gasteiger partial charge in [-0.1, -0.05) is 60.7 Å². The summed E-state index contributed by atoms with van der Waals surface area (Å²) in [5.41, 5.74) is 4.13. The Morgan fingerprint density at radius 1 is 0.855 bits per heavy atom. The zero-order valence-corrected chi connectivity index (χ0v) is 32.3. The van der Waals surface area contributed by atoms with Crippen LogP contribution in [0.5, 0.6) is 11.5 Å². The second-order valence-corrected chi connectivity index (χ2v) is 14.7. The van der Waals surface area contributed by atoms with Crippen molar-refractivity contribution >= 4 is 63.6 Å². The molecule has 1 aliphatic rings. The van der Waals surface area contributed by atoms with Crippen LogP contribution >= 0.6 is 23.1 Å². The number of hydrogen-bond acceptors (Lipinski definition) is 9. The van der Waals surface area contributed by atoms with Crippen molar-refractivity contribution in [3.63, 3.8) is 0 Å². The lowest BCUT2D eigenvalue weighted by atomic mass is 9.83. The van der Waals surface area contributed by atoms with E-state index in [1.54, 1.807) is 79.7 Å². The number of ether oxygens (including phenoxy) is 3. The van der Waals surface area contributed by atoms with Crippen molar-refractivity contribution in [2.24, 2.45) is 0 Å². The minimum absolute atomic E-state index is 0.00430. The van der Waals surface area contributed by atoms with Crippen LogP contribution in [0.4, 0.5) is 10.7 Å². The number of carbonyl (C=O) groups excluding carboxylic acids is 4. The van der Waals surface area contributed by atoms with Crippen molar-refractivity contribution < 1.29 is 33.4 Å². The number of thiophene rings is 1. The largest absolute Gasteiger partial charge is 0.493 e. The number of rotatable bonds is 14. The fourth-order valence-electron chi connectivity index (χ4n) is 6.33. The molecular formula is C43H41N3O7S2. The molecule has 0 radical (unpaired) electrons. The molecule has 0 fully saturated rings. The molecule has 0 aliphatic heterocycles. The molecule has 1 aromatic heterocycles. The first-order valence-electron chi connectivity index (χ1n) is 17.8. The van der Waals surface area contributed by atoms with Gasteiger partial charge in [0.1, 0.15) is 10.7 Å². The predicted molar refractivity (Wildman–Crippen MR) is 217 cm³/mol. The van der Waals surface area contributed by atoms with Gasteiger partial charge in [-0.15, -0.1) is 23.1 Å². The highest BCUT2D eigenvalue weighted by Crippen LogP contribution is 2.43. The first-order valence-corrected chi connectivity index (χ1v) is 19.6. The van der Waals surface area contributed by atoms with Crippen LogP contribution in [0.3, 0.4) is 0 Å². The maximum absolute atomic E-state index is 13.7. The van der Waals surface area contributed by atoms with Crippen molar-refractivity contribution in [1.82, 2.24) is 5.32 Å². The molecule has 0 bridgehead atoms. The van der Waals surface area contributed by atoms with Crippen molar-refractivity contribution in [3.8, 4) is 11.5 Å². The molecule has 1 unspecified atom stereocenters. The van der Waals surface area contributed by atoms with E-state index in [1.165, 1.54) is 42.9 Å². The van der Waals surface area contributed by atoms with E-state index in [1.807, 2.05) is 24.3 Å². The standard InChI is InChI=1S/C43H41N3O7S2/c1-4-53-43(50)39-33-20-19-30(28-12-7-5-8-13-28)24-37(33)55-42(39)46-38(47)26-54-32-17-11-16-31(25-32)44-41(49)34(45-40(48)29-14-9-6-10-15-29)22-27-18-21-35(51-2)36(23-27)52-3/h5-18,21-23,25,30H,4,19-20,24,26H2,1-3H3,(H,44,49)(H,45,48)(H,46,47)/b34-22+. The van der Waals surface area contributed by atoms with Crippen LogP contribution in [0.15, 0.2) is 114 Å². The number of benzene rings is 4. The minimum atomic E-state index is -0.554. The molecule has 0 saturated heterocycles. The molecular weight excluding hydrogens is 735 g/mol. The minimum Gasteiger partial charge on any atom is -0.493 e. The smallest absolute Gasteiger partial charge is 0.341 e. The molecule has 12 heteroatoms. The summed E-state index contributed by atoms with van der Waals surface area (Å²) >= 11 is 2.73. The summed E-state index contributed by atoms with van der Waals surface area (Å²) in [6.45, 7) is 2.00. The van der Waals surface area contributed by atoms with E-state index in [0.717, 1.165) is 34.6 Å². The molecule has 1 aliphatic carbocycles. The molecule has 3 N–H and O–H groups in total. The highest BCUT2D eigenvalue weighted by Gasteiger charge is 2.31. The Bertz CT molecular complexity index is 2200. The molecule has 3 amide bonds. The van der Waals surface area contributed by atoms with E-state index < -0.39 is 17.8 Å². The van der Waals surface area contributed by atoms with Crippen LogP contribution in [0, 0.1) is 0 Å². The third kappa shape index (κ3) is 9.83. The highest BCUT2D eigenvalue weighted by atomic mass is 32.2. The fraction of sp³-hybridized carbons (Fsp3) is 0.209. The van der Waals surface area contributed by atoms with Crippen molar-refractivity contribution in [2.75, 3.05) is 37.2 Å². The predicted octanol–water partition coefficient (Wildman–Crippen LogP) is 8.35. The Morgan fingerprint density at radius 2 is 1.60 bits per heavy atom. The van der Waals surface area contributed by atoms with Gasteiger partial charge < -0.3 is 30.2 Å². The van der Waals surface area contributed by atoms with E-state index in [2.05, 4.69) is 28.1 Å². The van der Waals surface area contributed by atoms with Crippen LogP contribution in [-0.2, 0) is 27.2 Å². The summed E-state index contributed by atoms with van der Waals surface area (Å²) in [5.74, 6) is -0.317. The van der Waals surface area contributed by atoms with E-state index in [4.69, 9.17) is 14.2 Å². The highest BCUT2D eigenvalue weighted by molar-refractivity contribution is 8.00. The van der Waals surface area contributed by atoms with Crippen LogP contribution in [-0.4, -0.2) is 50.3 Å². The summed E-state index contributed by atoms with van der Waals surface area (Å²) in [6, 6.07) is 31.2. The average Bonchev–Trinajstić information content (AvgIpc) is 3.57. The number of anilines is 2. The zero-order chi connectivity index (χ0) is 38.7. The molecule has 1 atom stereocenters. The Kier molecular flexibility index (Phi) is 13.0. The number of hydrogen-bond donors (Lipinski definition) is 3. The Hall–Kier alpha value is -5.85. The summed E-state index contributed by atoms with van der Waals surface area (Å²) in [6.07, 6.45) is 3.98. The van der Waals surface area contributed by atoms with Crippen molar-refractivity contribution in [1.29, 1.82) is 0 Å². The van der Waals surface area contributed by atoms with Gasteiger partial charge in [-0.25, -0.2) is 4.79 Å². The average molecular weight is 776 g/mol. The lowest BCUT2D eigenvalue weighted by molar-refractivity contribution is -0.114. The third-order valence-corrected chi connectivity index (χ3v) is 11.1. The number of carbonyl (C=O) groups is 4. The Morgan fingerprint density at radius 3 is 2.33 bits per heavy atom. The lowest BCUT2D eigenvalue weighted by Gasteiger charge is -2.23. The van der Waals surface area contributed by atoms with Gasteiger partial charge in [-0.3, -0.25) is 14.4 Å². The maximum atomic E-state index is 13.7. The van der Waals surface area contributed by atoms with Gasteiger partial charge in [-0.05, 0) is 97.3 Å². The van der Waals surface area contributed by atoms with Crippen LogP contribution in [0.2, 0.25) is 0 Å². The Balaban J connectivity index is 1.15. The molecule has 55 heavy (non-hydrogen) atoms. The van der Waals surface area contributed by atoms with E-state index in [0.29, 0.717) is 44.8 Å². The molecule has 0 spiro atoms. The SMILES string of the molecule is CCOC(=O)c1c(NC(=O)CSc2cccc(NC(=O)/C(=C\c3ccc(OC)c(OC)c3)NC(=O)c3ccccc3)c2)sc2c1CCC(c1ccccc1)C2. The normalized spacial score (nSPS) is 13.6. The molecule has 10 nitrogen and oxygen atoms in total. The number of amides is 3. The maximum Gasteiger partial charge on any atom is 0.341 e. The van der Waals surface area contributed by atoms with E-state index in [9.17, 15) is 19.2 Å². The van der Waals surface area contributed by atoms with Gasteiger partial charge in [-0.2, -0.15) is 0 Å². The monoisotopic (exact) mass is 775 g/mol. The molecule has 0 saturated carbocycles. The summed E-state index contributed by atoms with van der Waals surface area (Å²) < 4.78 is 16.2. The summed E-state index contributed by atoms with van der Waals surface area (Å²) in [5, 5.41) is 9.11. The van der Waals surface area contributed by atoms with Crippen LogP contribution in [0.1, 0.15) is 61.5 Å². The fourth-order valence-corrected chi connectivity index (χ4v) is 8.41. The van der Waals surface area contributed by atoms with Gasteiger partial charge in [0.05, 0.1) is 32.1 Å². The van der Waals surface area contributed by atoms with Crippen molar-refractivity contribution in [2.45, 2.75) is 37.0 Å². The van der Waals surface area contributed by atoms with Gasteiger partial charge in [0.2, 0.25) is 5.91 Å².